The van der Waals surface area contributed by atoms with Gasteiger partial charge in [-0.15, -0.1) is 0 Å². The van der Waals surface area contributed by atoms with Crippen molar-refractivity contribution < 1.29 is 9.18 Å². The minimum atomic E-state index is -0.171. The van der Waals surface area contributed by atoms with Gasteiger partial charge in [-0.3, -0.25) is 4.79 Å². The predicted molar refractivity (Wildman–Crippen MR) is 167 cm³/mol. The Morgan fingerprint density at radius 3 is 2.34 bits per heavy atom. The number of halogens is 2. The summed E-state index contributed by atoms with van der Waals surface area (Å²) in [6.07, 6.45) is 5.30. The fourth-order valence-corrected chi connectivity index (χ4v) is 5.15. The summed E-state index contributed by atoms with van der Waals surface area (Å²) in [5.74, 6) is 1.88. The van der Waals surface area contributed by atoms with E-state index in [-0.39, 0.29) is 17.8 Å². The summed E-state index contributed by atoms with van der Waals surface area (Å²) in [7, 11) is 1.82. The molecule has 0 spiro atoms. The van der Waals surface area contributed by atoms with Crippen LogP contribution < -0.4 is 0 Å². The van der Waals surface area contributed by atoms with Crippen molar-refractivity contribution in [3.05, 3.63) is 118 Å². The number of hydrogen-bond donors (Lipinski definition) is 1. The molecule has 0 saturated carbocycles. The number of aryl methyl sites for hydroxylation is 3. The first-order chi connectivity index (χ1) is 19.8. The van der Waals surface area contributed by atoms with Crippen molar-refractivity contribution in [3.8, 4) is 0 Å². The molecule has 1 unspecified atom stereocenters. The normalized spacial score (nSPS) is 13.9. The van der Waals surface area contributed by atoms with Crippen molar-refractivity contribution in [2.24, 2.45) is 0 Å². The summed E-state index contributed by atoms with van der Waals surface area (Å²) < 4.78 is 14.0. The van der Waals surface area contributed by atoms with Gasteiger partial charge in [0.2, 0.25) is 5.91 Å². The van der Waals surface area contributed by atoms with Gasteiger partial charge in [-0.1, -0.05) is 59.1 Å². The fraction of sp³-hybridized carbons (Fsp3) is 0.303. The smallest absolute Gasteiger partial charge is 0.123 e. The Kier molecular flexibility index (Phi) is 10.5. The van der Waals surface area contributed by atoms with Crippen molar-refractivity contribution in [1.29, 1.82) is 0 Å². The number of benzene rings is 3. The number of fused-ring (bicyclic) bond motifs is 3. The van der Waals surface area contributed by atoms with Gasteiger partial charge in [-0.2, -0.15) is 0 Å². The number of nitrogens with one attached hydrogen (secondary N) is 1. The zero-order valence-corrected chi connectivity index (χ0v) is 25.0. The van der Waals surface area contributed by atoms with E-state index in [1.54, 1.807) is 19.1 Å². The van der Waals surface area contributed by atoms with Gasteiger partial charge in [0.25, 0.3) is 0 Å². The number of rotatable bonds is 4. The molecule has 3 aromatic carbocycles. The third kappa shape index (κ3) is 7.95. The van der Waals surface area contributed by atoms with Crippen LogP contribution in [0.2, 0.25) is 5.02 Å². The molecule has 3 heterocycles. The van der Waals surface area contributed by atoms with Crippen LogP contribution in [0.25, 0.3) is 10.9 Å². The molecule has 0 radical (unpaired) electrons. The van der Waals surface area contributed by atoms with Crippen LogP contribution in [0.4, 0.5) is 4.39 Å². The quantitative estimate of drug-likeness (QED) is 0.240. The first-order valence-electron chi connectivity index (χ1n) is 14.1. The number of unbranched alkanes of at least 4 members (excludes halogenated alkanes) is 1. The molecule has 212 valence electrons. The molecule has 0 saturated heterocycles. The Labute approximate surface area is 247 Å². The molecular formula is C33H37BClFN4O. The van der Waals surface area contributed by atoms with E-state index in [1.165, 1.54) is 36.1 Å². The maximum absolute atomic E-state index is 12.2. The molecule has 6 rings (SSSR count). The number of amides is 1. The maximum Gasteiger partial charge on any atom is 0.123 e. The average Bonchev–Trinajstić information content (AvgIpc) is 3.62. The van der Waals surface area contributed by atoms with Crippen LogP contribution in [0, 0.1) is 19.7 Å². The Balaban J connectivity index is 0.000000186. The molecule has 1 aliphatic heterocycles. The third-order valence-electron chi connectivity index (χ3n) is 7.20. The average molecular weight is 571 g/mol. The third-order valence-corrected chi connectivity index (χ3v) is 7.43. The van der Waals surface area contributed by atoms with Gasteiger partial charge in [-0.05, 0) is 61.7 Å². The standard InChI is InChI=1S/C20H19ClN2O.C7H7F.C6H11BN2/c1-12-3-5-14(6-4-12)20-19-16(9-10-23(20)13(2)24)17-11-15(21)7-8-18(17)22-19;1-6-2-4-7(8)5-3-6;1-2-3-5-9-6-4-7-8-9/h3-8,11,20,22H,9-10H2,1-2H3;2-5H,1H3;4,6H,2-3,5H2,1H3. The number of H-pyrrole nitrogens is 1. The van der Waals surface area contributed by atoms with Gasteiger partial charge in [-0.25, -0.2) is 4.39 Å². The molecule has 1 amide bonds. The second-order valence-electron chi connectivity index (χ2n) is 10.4. The van der Waals surface area contributed by atoms with Gasteiger partial charge in [0, 0.05) is 35.1 Å². The molecule has 41 heavy (non-hydrogen) atoms. The summed E-state index contributed by atoms with van der Waals surface area (Å²) in [5.41, 5.74) is 6.90. The Bertz CT molecular complexity index is 1530. The minimum absolute atomic E-state index is 0.0713. The molecule has 2 aromatic heterocycles. The van der Waals surface area contributed by atoms with Crippen molar-refractivity contribution in [1.82, 2.24) is 19.6 Å². The second-order valence-corrected chi connectivity index (χ2v) is 10.8. The largest absolute Gasteiger partial charge is 0.207 e. The molecule has 1 atom stereocenters. The topological polar surface area (TPSA) is 53.9 Å². The first-order valence-corrected chi connectivity index (χ1v) is 14.5. The van der Waals surface area contributed by atoms with E-state index in [4.69, 9.17) is 11.6 Å². The Hall–Kier alpha value is -3.71. The van der Waals surface area contributed by atoms with E-state index in [9.17, 15) is 9.18 Å². The van der Waals surface area contributed by atoms with Crippen LogP contribution >= 0.6 is 11.6 Å². The molecular weight excluding hydrogens is 534 g/mol. The zero-order valence-electron chi connectivity index (χ0n) is 24.2. The summed E-state index contributed by atoms with van der Waals surface area (Å²) in [6.45, 7) is 9.61. The summed E-state index contributed by atoms with van der Waals surface area (Å²) >= 11 is 6.19. The molecule has 8 heteroatoms. The van der Waals surface area contributed by atoms with Crippen molar-refractivity contribution in [2.45, 2.75) is 59.5 Å². The van der Waals surface area contributed by atoms with Crippen molar-refractivity contribution in [2.75, 3.05) is 6.54 Å². The van der Waals surface area contributed by atoms with E-state index >= 15 is 0 Å². The molecule has 0 bridgehead atoms. The minimum Gasteiger partial charge on any atom is -0.207 e. The van der Waals surface area contributed by atoms with Crippen LogP contribution in [0.3, 0.4) is 0 Å². The number of hydrogen-bond acceptors (Lipinski definition) is 2. The molecule has 1 aliphatic rings. The van der Waals surface area contributed by atoms with E-state index in [2.05, 4.69) is 48.1 Å². The van der Waals surface area contributed by atoms with E-state index in [1.807, 2.05) is 53.9 Å². The van der Waals surface area contributed by atoms with Gasteiger partial charge in [0.05, 0.1) is 6.04 Å². The molecule has 1 N–H and O–H groups in total. The van der Waals surface area contributed by atoms with Crippen LogP contribution in [-0.4, -0.2) is 39.1 Å². The molecule has 5 nitrogen and oxygen atoms in total. The molecule has 0 fully saturated rings. The summed E-state index contributed by atoms with van der Waals surface area (Å²) in [5, 5.41) is 5.98. The number of aromatic amines is 1. The maximum atomic E-state index is 12.2. The summed E-state index contributed by atoms with van der Waals surface area (Å²) in [4.78, 5) is 17.7. The van der Waals surface area contributed by atoms with Gasteiger partial charge in [0.1, 0.15) is 5.82 Å². The Morgan fingerprint density at radius 1 is 1.07 bits per heavy atom. The van der Waals surface area contributed by atoms with Crippen LogP contribution in [-0.2, 0) is 17.8 Å². The van der Waals surface area contributed by atoms with Crippen LogP contribution in [0.5, 0.6) is 0 Å². The van der Waals surface area contributed by atoms with Crippen molar-refractivity contribution in [3.63, 3.8) is 0 Å². The number of aromatic nitrogens is 3. The van der Waals surface area contributed by atoms with Gasteiger partial charge >= 0.3 is 55.2 Å². The number of nitrogens with zero attached hydrogens (tertiary/aromatic N) is 3. The van der Waals surface area contributed by atoms with Gasteiger partial charge in [0.15, 0.2) is 0 Å². The summed E-state index contributed by atoms with van der Waals surface area (Å²) in [6, 6.07) is 20.7. The van der Waals surface area contributed by atoms with Crippen LogP contribution in [0.15, 0.2) is 78.9 Å². The number of carbonyl (C=O) groups excluding carboxylic acids is 1. The monoisotopic (exact) mass is 570 g/mol. The van der Waals surface area contributed by atoms with E-state index < -0.39 is 0 Å². The first kappa shape index (κ1) is 30.3. The second kappa shape index (κ2) is 14.3. The van der Waals surface area contributed by atoms with E-state index in [0.29, 0.717) is 0 Å². The fourth-order valence-electron chi connectivity index (χ4n) is 4.98. The van der Waals surface area contributed by atoms with Crippen LogP contribution in [0.1, 0.15) is 60.7 Å². The Morgan fingerprint density at radius 2 is 1.76 bits per heavy atom. The van der Waals surface area contributed by atoms with E-state index in [0.717, 1.165) is 52.3 Å². The van der Waals surface area contributed by atoms with Gasteiger partial charge < -0.3 is 9.88 Å². The SMILES string of the molecule is CC(=O)N1CCc2c([nH]c3ccc(Cl)cc23)C1c1ccc(C)cc1.CCCCn1ccbn1.Cc1ccc(F)cc1. The molecule has 5 aromatic rings. The predicted octanol–water partition coefficient (Wildman–Crippen LogP) is 7.78. The number of carbonyl (C=O) groups is 1. The molecule has 0 aliphatic carbocycles. The van der Waals surface area contributed by atoms with Crippen molar-refractivity contribution >= 4 is 35.5 Å². The zero-order chi connectivity index (χ0) is 29.4.